The van der Waals surface area contributed by atoms with Crippen LogP contribution < -0.4 is 10.1 Å². The summed E-state index contributed by atoms with van der Waals surface area (Å²) < 4.78 is 15.5. The second kappa shape index (κ2) is 10.3. The van der Waals surface area contributed by atoms with Crippen LogP contribution in [0.3, 0.4) is 0 Å². The molecule has 0 aliphatic rings. The van der Waals surface area contributed by atoms with Gasteiger partial charge in [0.15, 0.2) is 12.4 Å². The third kappa shape index (κ3) is 6.73. The van der Waals surface area contributed by atoms with Crippen LogP contribution >= 0.6 is 0 Å². The first-order chi connectivity index (χ1) is 13.0. The van der Waals surface area contributed by atoms with Crippen molar-refractivity contribution < 1.29 is 23.6 Å². The summed E-state index contributed by atoms with van der Waals surface area (Å²) in [5.74, 6) is 0.647. The molecule has 0 bridgehead atoms. The molecule has 1 N–H and O–H groups in total. The molecule has 0 aliphatic heterocycles. The average Bonchev–Trinajstić information content (AvgIpc) is 3.14. The summed E-state index contributed by atoms with van der Waals surface area (Å²) in [6.07, 6.45) is 2.04. The number of aromatic nitrogens is 2. The zero-order valence-corrected chi connectivity index (χ0v) is 15.9. The van der Waals surface area contributed by atoms with Gasteiger partial charge in [0, 0.05) is 11.5 Å². The van der Waals surface area contributed by atoms with Crippen molar-refractivity contribution in [3.8, 4) is 5.75 Å². The minimum atomic E-state index is -0.591. The molecule has 0 saturated carbocycles. The summed E-state index contributed by atoms with van der Waals surface area (Å²) in [5.41, 5.74) is 0.434. The Morgan fingerprint density at radius 3 is 2.59 bits per heavy atom. The standard InChI is InChI=1S/C19H25N3O5/c1-4-5-10-25-15-8-6-14(7-9-15)19(24)20-11-17(23)26-12-16-21-18(13(2)3)22-27-16/h6-9,13H,4-5,10-12H2,1-3H3,(H,20,24). The summed E-state index contributed by atoms with van der Waals surface area (Å²) >= 11 is 0. The lowest BCUT2D eigenvalue weighted by Crippen LogP contribution is -2.30. The van der Waals surface area contributed by atoms with Crippen LogP contribution in [0, 0.1) is 0 Å². The van der Waals surface area contributed by atoms with E-state index in [0.717, 1.165) is 12.8 Å². The molecule has 0 spiro atoms. The highest BCUT2D eigenvalue weighted by atomic mass is 16.6. The second-order valence-corrected chi connectivity index (χ2v) is 6.27. The fraction of sp³-hybridized carbons (Fsp3) is 0.474. The molecule has 1 aromatic carbocycles. The third-order valence-electron chi connectivity index (χ3n) is 3.63. The molecule has 1 amide bonds. The Bertz CT molecular complexity index is 740. The Hall–Kier alpha value is -2.90. The molecule has 146 valence electrons. The van der Waals surface area contributed by atoms with Gasteiger partial charge in [-0.25, -0.2) is 0 Å². The van der Waals surface area contributed by atoms with Crippen molar-refractivity contribution in [2.75, 3.05) is 13.2 Å². The summed E-state index contributed by atoms with van der Waals surface area (Å²) in [4.78, 5) is 27.9. The van der Waals surface area contributed by atoms with E-state index in [-0.39, 0.29) is 30.9 Å². The van der Waals surface area contributed by atoms with Crippen LogP contribution in [0.2, 0.25) is 0 Å². The first kappa shape index (κ1) is 20.4. The van der Waals surface area contributed by atoms with E-state index in [1.54, 1.807) is 24.3 Å². The number of nitrogens with zero attached hydrogens (tertiary/aromatic N) is 2. The Kier molecular flexibility index (Phi) is 7.79. The van der Waals surface area contributed by atoms with Gasteiger partial charge < -0.3 is 19.3 Å². The topological polar surface area (TPSA) is 104 Å². The number of ether oxygens (including phenoxy) is 2. The fourth-order valence-corrected chi connectivity index (χ4v) is 2.05. The fourth-order valence-electron chi connectivity index (χ4n) is 2.05. The second-order valence-electron chi connectivity index (χ2n) is 6.27. The number of unbranched alkanes of at least 4 members (excludes halogenated alkanes) is 1. The van der Waals surface area contributed by atoms with Crippen LogP contribution in [0.25, 0.3) is 0 Å². The maximum absolute atomic E-state index is 12.1. The van der Waals surface area contributed by atoms with Gasteiger partial charge in [0.1, 0.15) is 12.3 Å². The number of carbonyl (C=O) groups excluding carboxylic acids is 2. The number of hydrogen-bond donors (Lipinski definition) is 1. The Morgan fingerprint density at radius 1 is 1.22 bits per heavy atom. The third-order valence-corrected chi connectivity index (χ3v) is 3.63. The summed E-state index contributed by atoms with van der Waals surface area (Å²) in [7, 11) is 0. The predicted octanol–water partition coefficient (Wildman–Crippen LogP) is 2.85. The van der Waals surface area contributed by atoms with Crippen molar-refractivity contribution in [2.45, 2.75) is 46.1 Å². The lowest BCUT2D eigenvalue weighted by molar-refractivity contribution is -0.144. The highest BCUT2D eigenvalue weighted by Crippen LogP contribution is 2.13. The molecule has 1 aromatic heterocycles. The number of hydrogen-bond acceptors (Lipinski definition) is 7. The molecular formula is C19H25N3O5. The Morgan fingerprint density at radius 2 is 1.96 bits per heavy atom. The number of benzene rings is 1. The molecule has 8 heteroatoms. The molecule has 2 aromatic rings. The van der Waals surface area contributed by atoms with Crippen LogP contribution in [-0.2, 0) is 16.1 Å². The van der Waals surface area contributed by atoms with Gasteiger partial charge in [0.05, 0.1) is 6.61 Å². The molecule has 0 saturated heterocycles. The average molecular weight is 375 g/mol. The van der Waals surface area contributed by atoms with E-state index in [9.17, 15) is 9.59 Å². The number of carbonyl (C=O) groups is 2. The van der Waals surface area contributed by atoms with Crippen LogP contribution in [0.4, 0.5) is 0 Å². The molecule has 27 heavy (non-hydrogen) atoms. The lowest BCUT2D eigenvalue weighted by Gasteiger charge is -2.07. The molecule has 2 rings (SSSR count). The highest BCUT2D eigenvalue weighted by Gasteiger charge is 2.13. The molecule has 0 fully saturated rings. The maximum atomic E-state index is 12.1. The summed E-state index contributed by atoms with van der Waals surface area (Å²) in [5, 5.41) is 6.29. The molecule has 0 radical (unpaired) electrons. The van der Waals surface area contributed by atoms with Crippen LogP contribution in [0.1, 0.15) is 61.6 Å². The smallest absolute Gasteiger partial charge is 0.325 e. The quantitative estimate of drug-likeness (QED) is 0.503. The zero-order valence-electron chi connectivity index (χ0n) is 15.9. The zero-order chi connectivity index (χ0) is 19.6. The van der Waals surface area contributed by atoms with E-state index in [1.165, 1.54) is 0 Å². The molecular weight excluding hydrogens is 350 g/mol. The van der Waals surface area contributed by atoms with E-state index in [0.29, 0.717) is 23.7 Å². The maximum Gasteiger partial charge on any atom is 0.325 e. The normalized spacial score (nSPS) is 10.7. The summed E-state index contributed by atoms with van der Waals surface area (Å²) in [6.45, 7) is 6.22. The molecule has 8 nitrogen and oxygen atoms in total. The van der Waals surface area contributed by atoms with E-state index in [2.05, 4.69) is 22.4 Å². The number of esters is 1. The van der Waals surface area contributed by atoms with E-state index < -0.39 is 5.97 Å². The van der Waals surface area contributed by atoms with Crippen molar-refractivity contribution in [2.24, 2.45) is 0 Å². The number of rotatable bonds is 10. The first-order valence-electron chi connectivity index (χ1n) is 8.98. The first-order valence-corrected chi connectivity index (χ1v) is 8.98. The lowest BCUT2D eigenvalue weighted by atomic mass is 10.2. The predicted molar refractivity (Wildman–Crippen MR) is 97.4 cm³/mol. The van der Waals surface area contributed by atoms with Gasteiger partial charge in [-0.1, -0.05) is 32.3 Å². The van der Waals surface area contributed by atoms with Crippen molar-refractivity contribution in [3.05, 3.63) is 41.5 Å². The molecule has 1 heterocycles. The van der Waals surface area contributed by atoms with Crippen LogP contribution in [0.5, 0.6) is 5.75 Å². The SMILES string of the molecule is CCCCOc1ccc(C(=O)NCC(=O)OCc2nc(C(C)C)no2)cc1. The van der Waals surface area contributed by atoms with E-state index in [1.807, 2.05) is 13.8 Å². The van der Waals surface area contributed by atoms with Gasteiger partial charge >= 0.3 is 5.97 Å². The van der Waals surface area contributed by atoms with Crippen molar-refractivity contribution in [3.63, 3.8) is 0 Å². The molecule has 0 atom stereocenters. The van der Waals surface area contributed by atoms with E-state index in [4.69, 9.17) is 14.0 Å². The van der Waals surface area contributed by atoms with Gasteiger partial charge in [0.25, 0.3) is 11.8 Å². The number of nitrogens with one attached hydrogen (secondary N) is 1. The highest BCUT2D eigenvalue weighted by molar-refractivity contribution is 5.95. The van der Waals surface area contributed by atoms with Crippen LogP contribution in [0.15, 0.2) is 28.8 Å². The van der Waals surface area contributed by atoms with Crippen LogP contribution in [-0.4, -0.2) is 35.2 Å². The van der Waals surface area contributed by atoms with Crippen molar-refractivity contribution in [1.29, 1.82) is 0 Å². The van der Waals surface area contributed by atoms with Gasteiger partial charge in [-0.3, -0.25) is 9.59 Å². The molecule has 0 unspecified atom stereocenters. The van der Waals surface area contributed by atoms with Crippen molar-refractivity contribution >= 4 is 11.9 Å². The summed E-state index contributed by atoms with van der Waals surface area (Å²) in [6, 6.07) is 6.75. The van der Waals surface area contributed by atoms with Gasteiger partial charge in [-0.2, -0.15) is 4.98 Å². The molecule has 0 aliphatic carbocycles. The largest absolute Gasteiger partial charge is 0.494 e. The Balaban J connectivity index is 1.73. The Labute approximate surface area is 158 Å². The van der Waals surface area contributed by atoms with Gasteiger partial charge in [-0.05, 0) is 30.7 Å². The van der Waals surface area contributed by atoms with Gasteiger partial charge in [-0.15, -0.1) is 0 Å². The monoisotopic (exact) mass is 375 g/mol. The van der Waals surface area contributed by atoms with Gasteiger partial charge in [0.2, 0.25) is 0 Å². The minimum absolute atomic E-state index is 0.126. The van der Waals surface area contributed by atoms with Crippen molar-refractivity contribution in [1.82, 2.24) is 15.5 Å². The minimum Gasteiger partial charge on any atom is -0.494 e. The number of amides is 1. The van der Waals surface area contributed by atoms with E-state index >= 15 is 0 Å².